The maximum absolute atomic E-state index is 5.64. The molecule has 2 N–H and O–H groups in total. The highest BCUT2D eigenvalue weighted by Crippen LogP contribution is 2.24. The number of nitrogens with zero attached hydrogens (tertiary/aromatic N) is 2. The van der Waals surface area contributed by atoms with Crippen molar-refractivity contribution in [2.24, 2.45) is 5.73 Å². The van der Waals surface area contributed by atoms with Gasteiger partial charge in [0.1, 0.15) is 0 Å². The van der Waals surface area contributed by atoms with Crippen LogP contribution in [0.1, 0.15) is 36.8 Å². The van der Waals surface area contributed by atoms with E-state index in [4.69, 9.17) is 5.73 Å². The van der Waals surface area contributed by atoms with Crippen LogP contribution >= 0.6 is 11.3 Å². The van der Waals surface area contributed by atoms with Gasteiger partial charge in [0.15, 0.2) is 5.13 Å². The van der Waals surface area contributed by atoms with Crippen molar-refractivity contribution in [1.82, 2.24) is 4.98 Å². The van der Waals surface area contributed by atoms with E-state index in [2.05, 4.69) is 23.9 Å². The molecule has 0 aromatic carbocycles. The van der Waals surface area contributed by atoms with Gasteiger partial charge in [0.05, 0.1) is 5.69 Å². The summed E-state index contributed by atoms with van der Waals surface area (Å²) in [6, 6.07) is 0. The Bertz CT molecular complexity index is 296. The molecule has 1 aromatic rings. The van der Waals surface area contributed by atoms with E-state index in [1.54, 1.807) is 11.3 Å². The average molecular weight is 227 g/mol. The summed E-state index contributed by atoms with van der Waals surface area (Å²) in [6.45, 7) is 5.94. The number of aromatic nitrogens is 1. The molecule has 0 aliphatic rings. The van der Waals surface area contributed by atoms with Crippen molar-refractivity contribution in [3.05, 3.63) is 10.6 Å². The normalized spacial score (nSPS) is 10.7. The Morgan fingerprint density at radius 2 is 2.13 bits per heavy atom. The van der Waals surface area contributed by atoms with Gasteiger partial charge in [0.2, 0.25) is 0 Å². The number of thiazole rings is 1. The summed E-state index contributed by atoms with van der Waals surface area (Å²) in [7, 11) is 2.11. The van der Waals surface area contributed by atoms with Crippen LogP contribution < -0.4 is 10.6 Å². The zero-order chi connectivity index (χ0) is 11.3. The maximum atomic E-state index is 5.64. The molecule has 0 aliphatic carbocycles. The fourth-order valence-corrected chi connectivity index (χ4v) is 2.39. The van der Waals surface area contributed by atoms with Gasteiger partial charge >= 0.3 is 0 Å². The Kier molecular flexibility index (Phi) is 5.05. The molecule has 1 rings (SSSR count). The molecular formula is C11H21N3S. The van der Waals surface area contributed by atoms with Crippen LogP contribution in [0.4, 0.5) is 5.13 Å². The van der Waals surface area contributed by atoms with Crippen LogP contribution in [0.15, 0.2) is 0 Å². The quantitative estimate of drug-likeness (QED) is 0.759. The largest absolute Gasteiger partial charge is 0.351 e. The first-order chi connectivity index (χ1) is 7.19. The summed E-state index contributed by atoms with van der Waals surface area (Å²) in [5, 5.41) is 1.10. The van der Waals surface area contributed by atoms with Gasteiger partial charge in [-0.1, -0.05) is 19.8 Å². The van der Waals surface area contributed by atoms with Crippen molar-refractivity contribution in [2.45, 2.75) is 39.7 Å². The number of aryl methyl sites for hydroxylation is 1. The second-order valence-corrected chi connectivity index (χ2v) is 4.90. The first-order valence-electron chi connectivity index (χ1n) is 5.56. The van der Waals surface area contributed by atoms with E-state index in [9.17, 15) is 0 Å². The van der Waals surface area contributed by atoms with E-state index >= 15 is 0 Å². The number of unbranched alkanes of at least 4 members (excludes halogenated alkanes) is 2. The molecule has 0 fully saturated rings. The standard InChI is InChI=1S/C11H21N3S/c1-4-5-6-7-14(3)11-13-9(2)10(8-12)15-11/h4-8,12H2,1-3H3. The second kappa shape index (κ2) is 6.08. The Labute approximate surface area is 96.3 Å². The fraction of sp³-hybridized carbons (Fsp3) is 0.727. The number of hydrogen-bond acceptors (Lipinski definition) is 4. The van der Waals surface area contributed by atoms with Crippen molar-refractivity contribution >= 4 is 16.5 Å². The zero-order valence-corrected chi connectivity index (χ0v) is 10.7. The van der Waals surface area contributed by atoms with Gasteiger partial charge < -0.3 is 10.6 Å². The molecule has 0 spiro atoms. The monoisotopic (exact) mass is 227 g/mol. The van der Waals surface area contributed by atoms with Crippen LogP contribution in [0, 0.1) is 6.92 Å². The first-order valence-corrected chi connectivity index (χ1v) is 6.38. The summed E-state index contributed by atoms with van der Waals surface area (Å²) >= 11 is 1.72. The summed E-state index contributed by atoms with van der Waals surface area (Å²) in [4.78, 5) is 7.95. The van der Waals surface area contributed by atoms with Gasteiger partial charge in [-0.25, -0.2) is 4.98 Å². The third-order valence-corrected chi connectivity index (χ3v) is 3.78. The van der Waals surface area contributed by atoms with Gasteiger partial charge in [-0.05, 0) is 13.3 Å². The van der Waals surface area contributed by atoms with E-state index in [1.165, 1.54) is 24.1 Å². The van der Waals surface area contributed by atoms with Crippen molar-refractivity contribution in [1.29, 1.82) is 0 Å². The van der Waals surface area contributed by atoms with E-state index in [0.717, 1.165) is 17.4 Å². The van der Waals surface area contributed by atoms with Gasteiger partial charge in [-0.3, -0.25) is 0 Å². The van der Waals surface area contributed by atoms with E-state index < -0.39 is 0 Å². The summed E-state index contributed by atoms with van der Waals surface area (Å²) in [5.41, 5.74) is 6.72. The predicted molar refractivity (Wildman–Crippen MR) is 67.5 cm³/mol. The molecule has 1 aromatic heterocycles. The lowest BCUT2D eigenvalue weighted by molar-refractivity contribution is 0.704. The van der Waals surface area contributed by atoms with Crippen molar-refractivity contribution in [3.8, 4) is 0 Å². The lowest BCUT2D eigenvalue weighted by Gasteiger charge is -2.14. The van der Waals surface area contributed by atoms with Crippen LogP contribution in [-0.4, -0.2) is 18.6 Å². The van der Waals surface area contributed by atoms with Gasteiger partial charge in [-0.2, -0.15) is 0 Å². The van der Waals surface area contributed by atoms with E-state index in [1.807, 2.05) is 6.92 Å². The minimum absolute atomic E-state index is 0.603. The van der Waals surface area contributed by atoms with E-state index in [0.29, 0.717) is 6.54 Å². The molecule has 0 bridgehead atoms. The van der Waals surface area contributed by atoms with Gasteiger partial charge in [0, 0.05) is 25.0 Å². The fourth-order valence-electron chi connectivity index (χ4n) is 1.46. The highest BCUT2D eigenvalue weighted by molar-refractivity contribution is 7.15. The molecule has 0 radical (unpaired) electrons. The van der Waals surface area contributed by atoms with Gasteiger partial charge in [-0.15, -0.1) is 11.3 Å². The van der Waals surface area contributed by atoms with Crippen LogP contribution in [0.5, 0.6) is 0 Å². The minimum Gasteiger partial charge on any atom is -0.351 e. The number of nitrogens with two attached hydrogens (primary N) is 1. The summed E-state index contributed by atoms with van der Waals surface area (Å²) in [5.74, 6) is 0. The van der Waals surface area contributed by atoms with Crippen LogP contribution in [0.25, 0.3) is 0 Å². The highest BCUT2D eigenvalue weighted by atomic mass is 32.1. The molecule has 86 valence electrons. The minimum atomic E-state index is 0.603. The molecule has 0 aliphatic heterocycles. The third-order valence-electron chi connectivity index (χ3n) is 2.49. The molecule has 1 heterocycles. The SMILES string of the molecule is CCCCCN(C)c1nc(C)c(CN)s1. The van der Waals surface area contributed by atoms with Crippen LogP contribution in [0.2, 0.25) is 0 Å². The Morgan fingerprint density at radius 3 is 2.67 bits per heavy atom. The molecule has 0 saturated heterocycles. The maximum Gasteiger partial charge on any atom is 0.185 e. The van der Waals surface area contributed by atoms with Gasteiger partial charge in [0.25, 0.3) is 0 Å². The predicted octanol–water partition coefficient (Wildman–Crippen LogP) is 2.54. The molecule has 0 unspecified atom stereocenters. The van der Waals surface area contributed by atoms with E-state index in [-0.39, 0.29) is 0 Å². The molecule has 4 heteroatoms. The summed E-state index contributed by atoms with van der Waals surface area (Å²) in [6.07, 6.45) is 3.79. The lowest BCUT2D eigenvalue weighted by Crippen LogP contribution is -2.18. The Balaban J connectivity index is 2.53. The molecule has 0 saturated carbocycles. The molecule has 3 nitrogen and oxygen atoms in total. The Morgan fingerprint density at radius 1 is 1.40 bits per heavy atom. The first kappa shape index (κ1) is 12.5. The molecule has 15 heavy (non-hydrogen) atoms. The third kappa shape index (κ3) is 3.47. The molecule has 0 atom stereocenters. The lowest BCUT2D eigenvalue weighted by atomic mass is 10.2. The molecule has 0 amide bonds. The number of anilines is 1. The van der Waals surface area contributed by atoms with Crippen LogP contribution in [-0.2, 0) is 6.54 Å². The van der Waals surface area contributed by atoms with Crippen molar-refractivity contribution in [3.63, 3.8) is 0 Å². The van der Waals surface area contributed by atoms with Crippen LogP contribution in [0.3, 0.4) is 0 Å². The highest BCUT2D eigenvalue weighted by Gasteiger charge is 2.09. The smallest absolute Gasteiger partial charge is 0.185 e. The topological polar surface area (TPSA) is 42.2 Å². The number of rotatable bonds is 6. The zero-order valence-electron chi connectivity index (χ0n) is 9.92. The molecular weight excluding hydrogens is 206 g/mol. The van der Waals surface area contributed by atoms with Crippen molar-refractivity contribution < 1.29 is 0 Å². The number of hydrogen-bond donors (Lipinski definition) is 1. The summed E-state index contributed by atoms with van der Waals surface area (Å²) < 4.78 is 0. The second-order valence-electron chi connectivity index (χ2n) is 3.84. The van der Waals surface area contributed by atoms with Crippen molar-refractivity contribution in [2.75, 3.05) is 18.5 Å². The average Bonchev–Trinajstić information content (AvgIpc) is 2.60. The Hall–Kier alpha value is -0.610.